The molecule has 0 bridgehead atoms. The quantitative estimate of drug-likeness (QED) is 0.419. The van der Waals surface area contributed by atoms with Gasteiger partial charge in [-0.05, 0) is 37.8 Å². The summed E-state index contributed by atoms with van der Waals surface area (Å²) in [6.07, 6.45) is 2.91. The van der Waals surface area contributed by atoms with Crippen LogP contribution in [-0.2, 0) is 11.2 Å². The van der Waals surface area contributed by atoms with Crippen molar-refractivity contribution in [1.29, 1.82) is 0 Å². The highest BCUT2D eigenvalue weighted by molar-refractivity contribution is 6.31. The second kappa shape index (κ2) is 11.4. The first-order valence-electron chi connectivity index (χ1n) is 7.52. The summed E-state index contributed by atoms with van der Waals surface area (Å²) in [5.41, 5.74) is 1.19. The van der Waals surface area contributed by atoms with E-state index >= 15 is 0 Å². The van der Waals surface area contributed by atoms with Crippen molar-refractivity contribution in [1.82, 2.24) is 10.6 Å². The molecule has 21 heavy (non-hydrogen) atoms. The van der Waals surface area contributed by atoms with Gasteiger partial charge in [-0.25, -0.2) is 0 Å². The standard InChI is InChI=1S/C16H26ClN3O/c1-3-18-16(20-12-7-13-21-2)19-11-6-9-14-8-4-5-10-15(14)17/h4-5,8,10H,3,6-7,9,11-13H2,1-2H3,(H2,18,19,20). The molecule has 0 radical (unpaired) electrons. The second-order valence-corrected chi connectivity index (χ2v) is 5.14. The maximum Gasteiger partial charge on any atom is 0.191 e. The minimum Gasteiger partial charge on any atom is -0.385 e. The zero-order valence-corrected chi connectivity index (χ0v) is 13.7. The lowest BCUT2D eigenvalue weighted by Gasteiger charge is -2.11. The van der Waals surface area contributed by atoms with E-state index in [1.807, 2.05) is 18.2 Å². The summed E-state index contributed by atoms with van der Waals surface area (Å²) in [4.78, 5) is 4.57. The van der Waals surface area contributed by atoms with Crippen LogP contribution in [0, 0.1) is 0 Å². The molecule has 1 aromatic carbocycles. The smallest absolute Gasteiger partial charge is 0.191 e. The summed E-state index contributed by atoms with van der Waals surface area (Å²) >= 11 is 6.14. The number of rotatable bonds is 9. The van der Waals surface area contributed by atoms with Crippen LogP contribution in [0.4, 0.5) is 0 Å². The second-order valence-electron chi connectivity index (χ2n) is 4.73. The van der Waals surface area contributed by atoms with E-state index in [0.717, 1.165) is 56.5 Å². The van der Waals surface area contributed by atoms with Crippen molar-refractivity contribution in [3.05, 3.63) is 34.9 Å². The Hall–Kier alpha value is -1.26. The number of hydrogen-bond donors (Lipinski definition) is 2. The van der Waals surface area contributed by atoms with Gasteiger partial charge >= 0.3 is 0 Å². The normalized spacial score (nSPS) is 11.5. The molecule has 0 aromatic heterocycles. The van der Waals surface area contributed by atoms with E-state index in [1.165, 1.54) is 5.56 Å². The fraction of sp³-hybridized carbons (Fsp3) is 0.562. The van der Waals surface area contributed by atoms with Gasteiger partial charge in [-0.15, -0.1) is 0 Å². The molecule has 0 atom stereocenters. The Morgan fingerprint density at radius 3 is 2.76 bits per heavy atom. The van der Waals surface area contributed by atoms with Gasteiger partial charge in [0.25, 0.3) is 0 Å². The van der Waals surface area contributed by atoms with Crippen LogP contribution in [0.1, 0.15) is 25.3 Å². The molecule has 2 N–H and O–H groups in total. The Morgan fingerprint density at radius 2 is 2.05 bits per heavy atom. The third kappa shape index (κ3) is 7.93. The Bertz CT molecular complexity index is 424. The number of hydrogen-bond acceptors (Lipinski definition) is 2. The summed E-state index contributed by atoms with van der Waals surface area (Å²) in [5.74, 6) is 0.868. The number of halogens is 1. The van der Waals surface area contributed by atoms with Crippen molar-refractivity contribution >= 4 is 17.6 Å². The van der Waals surface area contributed by atoms with Gasteiger partial charge in [0.15, 0.2) is 5.96 Å². The van der Waals surface area contributed by atoms with Crippen molar-refractivity contribution in [2.45, 2.75) is 26.2 Å². The molecule has 5 heteroatoms. The molecule has 0 aliphatic rings. The van der Waals surface area contributed by atoms with Gasteiger partial charge in [-0.3, -0.25) is 4.99 Å². The van der Waals surface area contributed by atoms with E-state index in [1.54, 1.807) is 7.11 Å². The lowest BCUT2D eigenvalue weighted by Crippen LogP contribution is -2.38. The summed E-state index contributed by atoms with van der Waals surface area (Å²) in [6.45, 7) is 5.34. The van der Waals surface area contributed by atoms with Crippen LogP contribution in [0.15, 0.2) is 29.3 Å². The molecule has 4 nitrogen and oxygen atoms in total. The first-order valence-corrected chi connectivity index (χ1v) is 7.90. The van der Waals surface area contributed by atoms with Gasteiger partial charge < -0.3 is 15.4 Å². The van der Waals surface area contributed by atoms with E-state index in [0.29, 0.717) is 0 Å². The zero-order valence-electron chi connectivity index (χ0n) is 13.0. The Morgan fingerprint density at radius 1 is 1.24 bits per heavy atom. The first-order chi connectivity index (χ1) is 10.3. The Balaban J connectivity index is 2.31. The summed E-state index contributed by atoms with van der Waals surface area (Å²) < 4.78 is 5.03. The monoisotopic (exact) mass is 311 g/mol. The number of benzene rings is 1. The average Bonchev–Trinajstić information content (AvgIpc) is 2.49. The molecule has 0 heterocycles. The fourth-order valence-electron chi connectivity index (χ4n) is 1.93. The van der Waals surface area contributed by atoms with Gasteiger partial charge in [0.05, 0.1) is 0 Å². The molecule has 0 fully saturated rings. The summed E-state index contributed by atoms with van der Waals surface area (Å²) in [5, 5.41) is 7.38. The molecule has 0 unspecified atom stereocenters. The number of nitrogens with one attached hydrogen (secondary N) is 2. The molecule has 0 amide bonds. The van der Waals surface area contributed by atoms with Crippen molar-refractivity contribution in [2.24, 2.45) is 4.99 Å². The maximum atomic E-state index is 6.14. The molecule has 0 saturated carbocycles. The number of nitrogens with zero attached hydrogens (tertiary/aromatic N) is 1. The van der Waals surface area contributed by atoms with Gasteiger partial charge in [0.2, 0.25) is 0 Å². The largest absolute Gasteiger partial charge is 0.385 e. The minimum atomic E-state index is 0.763. The molecule has 1 aromatic rings. The maximum absolute atomic E-state index is 6.14. The molecule has 0 saturated heterocycles. The third-order valence-electron chi connectivity index (χ3n) is 2.99. The topological polar surface area (TPSA) is 45.7 Å². The van der Waals surface area contributed by atoms with Crippen LogP contribution in [0.3, 0.4) is 0 Å². The van der Waals surface area contributed by atoms with E-state index in [9.17, 15) is 0 Å². The molecular weight excluding hydrogens is 286 g/mol. The van der Waals surface area contributed by atoms with Gasteiger partial charge in [0.1, 0.15) is 0 Å². The van der Waals surface area contributed by atoms with Crippen LogP contribution in [0.2, 0.25) is 5.02 Å². The van der Waals surface area contributed by atoms with Crippen molar-refractivity contribution < 1.29 is 4.74 Å². The van der Waals surface area contributed by atoms with E-state index < -0.39 is 0 Å². The lowest BCUT2D eigenvalue weighted by atomic mass is 10.1. The van der Waals surface area contributed by atoms with Crippen LogP contribution < -0.4 is 10.6 Å². The summed E-state index contributed by atoms with van der Waals surface area (Å²) in [6, 6.07) is 7.98. The Labute approximate surface area is 132 Å². The number of aliphatic imine (C=N–C) groups is 1. The molecule has 0 aliphatic heterocycles. The van der Waals surface area contributed by atoms with Crippen LogP contribution >= 0.6 is 11.6 Å². The first kappa shape index (κ1) is 17.8. The predicted octanol–water partition coefficient (Wildman–Crippen LogP) is 2.86. The number of guanidine groups is 1. The predicted molar refractivity (Wildman–Crippen MR) is 90.2 cm³/mol. The van der Waals surface area contributed by atoms with Crippen molar-refractivity contribution in [3.63, 3.8) is 0 Å². The number of methoxy groups -OCH3 is 1. The van der Waals surface area contributed by atoms with Crippen LogP contribution in [0.25, 0.3) is 0 Å². The number of ether oxygens (including phenoxy) is 1. The lowest BCUT2D eigenvalue weighted by molar-refractivity contribution is 0.195. The highest BCUT2D eigenvalue weighted by Gasteiger charge is 1.99. The highest BCUT2D eigenvalue weighted by Crippen LogP contribution is 2.16. The SMILES string of the molecule is CCNC(=NCCCc1ccccc1Cl)NCCCOC. The molecule has 1 rings (SSSR count). The number of aryl methyl sites for hydroxylation is 1. The third-order valence-corrected chi connectivity index (χ3v) is 3.36. The highest BCUT2D eigenvalue weighted by atomic mass is 35.5. The molecule has 0 aliphatic carbocycles. The minimum absolute atomic E-state index is 0.763. The van der Waals surface area contributed by atoms with Crippen LogP contribution in [-0.4, -0.2) is 39.3 Å². The fourth-order valence-corrected chi connectivity index (χ4v) is 2.16. The van der Waals surface area contributed by atoms with Gasteiger partial charge in [0, 0.05) is 38.4 Å². The Kier molecular flexibility index (Phi) is 9.66. The zero-order chi connectivity index (χ0) is 15.3. The van der Waals surface area contributed by atoms with Gasteiger partial charge in [-0.2, -0.15) is 0 Å². The van der Waals surface area contributed by atoms with Crippen molar-refractivity contribution in [2.75, 3.05) is 33.4 Å². The average molecular weight is 312 g/mol. The van der Waals surface area contributed by atoms with E-state index in [2.05, 4.69) is 28.6 Å². The van der Waals surface area contributed by atoms with E-state index in [4.69, 9.17) is 16.3 Å². The van der Waals surface area contributed by atoms with E-state index in [-0.39, 0.29) is 0 Å². The molecular formula is C16H26ClN3O. The molecule has 0 spiro atoms. The molecule has 118 valence electrons. The summed E-state index contributed by atoms with van der Waals surface area (Å²) in [7, 11) is 1.72. The van der Waals surface area contributed by atoms with Crippen LogP contribution in [0.5, 0.6) is 0 Å². The van der Waals surface area contributed by atoms with Crippen molar-refractivity contribution in [3.8, 4) is 0 Å². The van der Waals surface area contributed by atoms with Gasteiger partial charge in [-0.1, -0.05) is 29.8 Å².